The van der Waals surface area contributed by atoms with Gasteiger partial charge in [-0.15, -0.1) is 11.3 Å². The number of nitrogens with zero attached hydrogens (tertiary/aromatic N) is 3. The van der Waals surface area contributed by atoms with Crippen LogP contribution in [0.5, 0.6) is 0 Å². The fourth-order valence-corrected chi connectivity index (χ4v) is 3.16. The van der Waals surface area contributed by atoms with Gasteiger partial charge >= 0.3 is 0 Å². The molecule has 1 aromatic heterocycles. The predicted octanol–water partition coefficient (Wildman–Crippen LogP) is 1.17. The van der Waals surface area contributed by atoms with Gasteiger partial charge in [0.1, 0.15) is 6.04 Å². The topological polar surface area (TPSA) is 134 Å². The zero-order valence-electron chi connectivity index (χ0n) is 15.2. The second kappa shape index (κ2) is 10.2. The van der Waals surface area contributed by atoms with E-state index >= 15 is 0 Å². The molecule has 0 radical (unpaired) electrons. The molecule has 3 rings (SSSR count). The van der Waals surface area contributed by atoms with Gasteiger partial charge in [0, 0.05) is 16.3 Å². The maximum absolute atomic E-state index is 12.6. The summed E-state index contributed by atoms with van der Waals surface area (Å²) in [6.45, 7) is 0.437. The molecule has 2 aromatic rings. The van der Waals surface area contributed by atoms with Crippen LogP contribution in [0.1, 0.15) is 5.69 Å². The number of benzene rings is 1. The number of epoxide rings is 1. The summed E-state index contributed by atoms with van der Waals surface area (Å²) in [6, 6.07) is 6.60. The average molecular weight is 479 g/mol. The van der Waals surface area contributed by atoms with Gasteiger partial charge in [-0.05, 0) is 24.3 Å². The molecule has 0 bridgehead atoms. The Labute approximate surface area is 179 Å². The molecule has 1 saturated heterocycles. The predicted molar refractivity (Wildman–Crippen MR) is 114 cm³/mol. The Balaban J connectivity index is 1.58. The van der Waals surface area contributed by atoms with E-state index < -0.39 is 12.1 Å². The van der Waals surface area contributed by atoms with E-state index in [1.54, 1.807) is 5.51 Å². The number of hydrazone groups is 1. The van der Waals surface area contributed by atoms with E-state index in [1.807, 2.05) is 29.6 Å². The van der Waals surface area contributed by atoms with E-state index in [2.05, 4.69) is 41.6 Å². The summed E-state index contributed by atoms with van der Waals surface area (Å²) in [5.41, 5.74) is 3.49. The first-order chi connectivity index (χ1) is 14.0. The third-order valence-electron chi connectivity index (χ3n) is 3.95. The molecule has 29 heavy (non-hydrogen) atoms. The SMILES string of the molecule is N/N=C(\C=Nc1ccc(Br)cc1)CNC(=O)C(Cc1cscn1)NC(=O)C1CO1. The third-order valence-corrected chi connectivity index (χ3v) is 5.12. The highest BCUT2D eigenvalue weighted by atomic mass is 79.9. The molecule has 2 heterocycles. The second-order valence-corrected chi connectivity index (χ2v) is 7.77. The Morgan fingerprint density at radius 2 is 2.17 bits per heavy atom. The number of nitrogens with one attached hydrogen (secondary N) is 2. The summed E-state index contributed by atoms with van der Waals surface area (Å²) in [4.78, 5) is 33.1. The van der Waals surface area contributed by atoms with Gasteiger partial charge in [-0.25, -0.2) is 4.98 Å². The zero-order valence-corrected chi connectivity index (χ0v) is 17.6. The molecular formula is C18H19BrN6O3S. The van der Waals surface area contributed by atoms with Crippen molar-refractivity contribution in [1.29, 1.82) is 0 Å². The first-order valence-corrected chi connectivity index (χ1v) is 10.4. The number of carbonyl (C=O) groups excluding carboxylic acids is 2. The molecule has 2 unspecified atom stereocenters. The number of amides is 2. The Hall–Kier alpha value is -2.63. The normalized spacial score (nSPS) is 17.1. The van der Waals surface area contributed by atoms with Crippen LogP contribution in [0.15, 0.2) is 49.7 Å². The van der Waals surface area contributed by atoms with E-state index in [-0.39, 0.29) is 24.8 Å². The van der Waals surface area contributed by atoms with Gasteiger partial charge in [0.25, 0.3) is 5.91 Å². The smallest absolute Gasteiger partial charge is 0.252 e. The molecule has 2 amide bonds. The maximum atomic E-state index is 12.6. The van der Waals surface area contributed by atoms with Crippen LogP contribution in [0.4, 0.5) is 5.69 Å². The van der Waals surface area contributed by atoms with Crippen molar-refractivity contribution in [2.45, 2.75) is 18.6 Å². The quantitative estimate of drug-likeness (QED) is 0.215. The number of halogens is 1. The van der Waals surface area contributed by atoms with Crippen LogP contribution in [0.25, 0.3) is 0 Å². The largest absolute Gasteiger partial charge is 0.363 e. The number of hydrogen-bond donors (Lipinski definition) is 3. The van der Waals surface area contributed by atoms with Crippen LogP contribution in [0, 0.1) is 0 Å². The number of nitrogens with two attached hydrogens (primary N) is 1. The minimum absolute atomic E-state index is 0.0682. The van der Waals surface area contributed by atoms with Gasteiger partial charge in [-0.3, -0.25) is 14.6 Å². The van der Waals surface area contributed by atoms with E-state index in [0.717, 1.165) is 15.9 Å². The lowest BCUT2D eigenvalue weighted by atomic mass is 10.1. The van der Waals surface area contributed by atoms with Crippen LogP contribution in [-0.4, -0.2) is 54.0 Å². The summed E-state index contributed by atoms with van der Waals surface area (Å²) in [5.74, 6) is 4.72. The highest BCUT2D eigenvalue weighted by Gasteiger charge is 2.34. The molecule has 11 heteroatoms. The molecule has 1 fully saturated rings. The number of thiazole rings is 1. The van der Waals surface area contributed by atoms with Crippen molar-refractivity contribution in [3.05, 3.63) is 45.3 Å². The summed E-state index contributed by atoms with van der Waals surface area (Å²) in [6.07, 6.45) is 1.27. The standard InChI is InChI=1S/C18H19BrN6O3S/c19-11-1-3-12(4-2-11)21-6-14(25-20)7-22-17(26)15(5-13-9-29-10-23-13)24-18(27)16-8-28-16/h1-4,6,9-10,15-16H,5,7-8,20H2,(H,22,26)(H,24,27)/b21-6?,25-14+. The highest BCUT2D eigenvalue weighted by Crippen LogP contribution is 2.16. The molecule has 1 aliphatic heterocycles. The summed E-state index contributed by atoms with van der Waals surface area (Å²) >= 11 is 4.78. The Bertz CT molecular complexity index is 897. The fourth-order valence-electron chi connectivity index (χ4n) is 2.32. The first-order valence-electron chi connectivity index (χ1n) is 8.68. The molecule has 1 aliphatic rings. The fraction of sp³-hybridized carbons (Fsp3) is 0.278. The van der Waals surface area contributed by atoms with E-state index in [9.17, 15) is 9.59 Å². The van der Waals surface area contributed by atoms with Crippen molar-refractivity contribution in [3.63, 3.8) is 0 Å². The lowest BCUT2D eigenvalue weighted by Gasteiger charge is -2.17. The lowest BCUT2D eigenvalue weighted by molar-refractivity contribution is -0.129. The number of ether oxygens (including phenoxy) is 1. The van der Waals surface area contributed by atoms with Gasteiger partial charge in [0.2, 0.25) is 5.91 Å². The number of aromatic nitrogens is 1. The van der Waals surface area contributed by atoms with Crippen molar-refractivity contribution in [3.8, 4) is 0 Å². The van der Waals surface area contributed by atoms with E-state index in [1.165, 1.54) is 17.6 Å². The summed E-state index contributed by atoms with van der Waals surface area (Å²) < 4.78 is 5.92. The number of aliphatic imine (C=N–C) groups is 1. The van der Waals surface area contributed by atoms with Crippen molar-refractivity contribution >= 4 is 56.7 Å². The first kappa shape index (κ1) is 21.1. The molecule has 152 valence electrons. The van der Waals surface area contributed by atoms with Crippen LogP contribution in [0.2, 0.25) is 0 Å². The maximum Gasteiger partial charge on any atom is 0.252 e. The van der Waals surface area contributed by atoms with E-state index in [0.29, 0.717) is 12.3 Å². The van der Waals surface area contributed by atoms with Gasteiger partial charge in [0.05, 0.1) is 42.0 Å². The molecular weight excluding hydrogens is 460 g/mol. The summed E-state index contributed by atoms with van der Waals surface area (Å²) in [5, 5.41) is 10.9. The number of hydrogen-bond acceptors (Lipinski definition) is 8. The van der Waals surface area contributed by atoms with E-state index in [4.69, 9.17) is 10.6 Å². The molecule has 9 nitrogen and oxygen atoms in total. The Morgan fingerprint density at radius 1 is 1.41 bits per heavy atom. The molecule has 0 saturated carbocycles. The van der Waals surface area contributed by atoms with Crippen molar-refractivity contribution in [2.75, 3.05) is 13.2 Å². The van der Waals surface area contributed by atoms with Gasteiger partial charge < -0.3 is 21.2 Å². The lowest BCUT2D eigenvalue weighted by Crippen LogP contribution is -2.50. The molecule has 4 N–H and O–H groups in total. The van der Waals surface area contributed by atoms with Crippen molar-refractivity contribution in [1.82, 2.24) is 15.6 Å². The van der Waals surface area contributed by atoms with Gasteiger partial charge in [-0.2, -0.15) is 5.10 Å². The zero-order chi connectivity index (χ0) is 20.6. The minimum atomic E-state index is -0.781. The minimum Gasteiger partial charge on any atom is -0.363 e. The second-order valence-electron chi connectivity index (χ2n) is 6.14. The van der Waals surface area contributed by atoms with Crippen molar-refractivity contribution in [2.24, 2.45) is 15.9 Å². The van der Waals surface area contributed by atoms with Crippen LogP contribution >= 0.6 is 27.3 Å². The Kier molecular flexibility index (Phi) is 7.44. The summed E-state index contributed by atoms with van der Waals surface area (Å²) in [7, 11) is 0. The Morgan fingerprint density at radius 3 is 2.79 bits per heavy atom. The highest BCUT2D eigenvalue weighted by molar-refractivity contribution is 9.10. The van der Waals surface area contributed by atoms with Crippen molar-refractivity contribution < 1.29 is 14.3 Å². The third kappa shape index (κ3) is 6.73. The average Bonchev–Trinajstić information content (AvgIpc) is 3.46. The van der Waals surface area contributed by atoms with Crippen LogP contribution in [-0.2, 0) is 20.7 Å². The molecule has 1 aromatic carbocycles. The molecule has 0 aliphatic carbocycles. The number of rotatable bonds is 9. The number of carbonyl (C=O) groups is 2. The van der Waals surface area contributed by atoms with Gasteiger partial charge in [-0.1, -0.05) is 15.9 Å². The van der Waals surface area contributed by atoms with Crippen LogP contribution in [0.3, 0.4) is 0 Å². The van der Waals surface area contributed by atoms with Crippen LogP contribution < -0.4 is 16.5 Å². The van der Waals surface area contributed by atoms with Gasteiger partial charge in [0.15, 0.2) is 6.10 Å². The monoisotopic (exact) mass is 478 g/mol. The molecule has 2 atom stereocenters. The molecule has 0 spiro atoms.